The smallest absolute Gasteiger partial charge is 0.219 e. The predicted octanol–water partition coefficient (Wildman–Crippen LogP) is -0.207. The largest absolute Gasteiger partial charge is 0.396 e. The van der Waals surface area contributed by atoms with E-state index in [9.17, 15) is 13.5 Å². The van der Waals surface area contributed by atoms with Crippen molar-refractivity contribution in [3.05, 3.63) is 18.0 Å². The molecule has 8 heteroatoms. The molecule has 21 heavy (non-hydrogen) atoms. The van der Waals surface area contributed by atoms with Crippen molar-refractivity contribution in [2.24, 2.45) is 13.0 Å². The van der Waals surface area contributed by atoms with Crippen molar-refractivity contribution in [3.8, 4) is 0 Å². The molecule has 0 unspecified atom stereocenters. The molecule has 1 saturated heterocycles. The van der Waals surface area contributed by atoms with Gasteiger partial charge in [-0.15, -0.1) is 0 Å². The van der Waals surface area contributed by atoms with Crippen LogP contribution in [0.15, 0.2) is 12.4 Å². The third kappa shape index (κ3) is 3.28. The fourth-order valence-electron chi connectivity index (χ4n) is 2.81. The number of aliphatic hydroxyl groups is 1. The molecule has 1 aromatic heterocycles. The molecule has 1 fully saturated rings. The van der Waals surface area contributed by atoms with Crippen LogP contribution in [0, 0.1) is 5.92 Å². The van der Waals surface area contributed by atoms with Crippen molar-refractivity contribution in [3.63, 3.8) is 0 Å². The molecular formula is C13H23N3O4S. The lowest BCUT2D eigenvalue weighted by molar-refractivity contribution is 0.198. The molecule has 0 radical (unpaired) electrons. The Labute approximate surface area is 125 Å². The molecule has 0 bridgehead atoms. The maximum absolute atomic E-state index is 12.5. The summed E-state index contributed by atoms with van der Waals surface area (Å²) in [5, 5.41) is 13.1. The number of hydrogen-bond acceptors (Lipinski definition) is 5. The highest BCUT2D eigenvalue weighted by Gasteiger charge is 2.41. The van der Waals surface area contributed by atoms with Crippen LogP contribution in [0.3, 0.4) is 0 Å². The molecule has 0 aliphatic carbocycles. The van der Waals surface area contributed by atoms with Gasteiger partial charge in [-0.05, 0) is 12.5 Å². The number of aliphatic hydroxyl groups excluding tert-OH is 1. The van der Waals surface area contributed by atoms with Gasteiger partial charge < -0.3 is 9.84 Å². The average Bonchev–Trinajstić information content (AvgIpc) is 3.04. The quantitative estimate of drug-likeness (QED) is 0.785. The first-order valence-corrected chi connectivity index (χ1v) is 8.47. The van der Waals surface area contributed by atoms with Crippen LogP contribution >= 0.6 is 0 Å². The zero-order valence-corrected chi connectivity index (χ0v) is 13.5. The summed E-state index contributed by atoms with van der Waals surface area (Å²) in [6.45, 7) is 2.49. The molecule has 0 aromatic carbocycles. The van der Waals surface area contributed by atoms with Gasteiger partial charge >= 0.3 is 0 Å². The second-order valence-electron chi connectivity index (χ2n) is 5.62. The summed E-state index contributed by atoms with van der Waals surface area (Å²) in [6.07, 6.45) is 3.62. The van der Waals surface area contributed by atoms with Gasteiger partial charge in [0.25, 0.3) is 0 Å². The van der Waals surface area contributed by atoms with Gasteiger partial charge in [0.1, 0.15) is 0 Å². The van der Waals surface area contributed by atoms with Gasteiger partial charge in [0, 0.05) is 51.9 Å². The van der Waals surface area contributed by atoms with Crippen LogP contribution in [-0.2, 0) is 21.8 Å². The van der Waals surface area contributed by atoms with Crippen molar-refractivity contribution in [1.29, 1.82) is 0 Å². The topological polar surface area (TPSA) is 84.7 Å². The highest BCUT2D eigenvalue weighted by molar-refractivity contribution is 7.89. The third-order valence-electron chi connectivity index (χ3n) is 4.06. The Bertz CT molecular complexity index is 572. The van der Waals surface area contributed by atoms with E-state index >= 15 is 0 Å². The Morgan fingerprint density at radius 3 is 2.76 bits per heavy atom. The van der Waals surface area contributed by atoms with Gasteiger partial charge in [0.05, 0.1) is 18.1 Å². The van der Waals surface area contributed by atoms with Gasteiger partial charge in [0.2, 0.25) is 10.0 Å². The molecule has 1 aliphatic heterocycles. The van der Waals surface area contributed by atoms with Crippen LogP contribution in [0.5, 0.6) is 0 Å². The van der Waals surface area contributed by atoms with E-state index < -0.39 is 15.3 Å². The zero-order chi connectivity index (χ0) is 15.6. The van der Waals surface area contributed by atoms with E-state index in [0.717, 1.165) is 5.56 Å². The standard InChI is InChI=1S/C13H23N3O4S/c1-10(9-20-3)21(18,19)16-6-12(8-17)13(7-16)11-4-14-15(2)5-11/h4-5,10,12-13,17H,6-9H2,1-3H3/t10-,12-,13-/m0/s1. The van der Waals surface area contributed by atoms with Crippen LogP contribution in [-0.4, -0.2) is 66.3 Å². The number of aryl methyl sites for hydroxylation is 1. The van der Waals surface area contributed by atoms with Crippen molar-refractivity contribution >= 4 is 10.0 Å². The van der Waals surface area contributed by atoms with E-state index in [1.165, 1.54) is 11.4 Å². The molecule has 3 atom stereocenters. The predicted molar refractivity (Wildman–Crippen MR) is 78.4 cm³/mol. The highest BCUT2D eigenvalue weighted by atomic mass is 32.2. The number of ether oxygens (including phenoxy) is 1. The lowest BCUT2D eigenvalue weighted by Crippen LogP contribution is -2.38. The van der Waals surface area contributed by atoms with Crippen molar-refractivity contribution in [2.75, 3.05) is 33.4 Å². The number of rotatable bonds is 6. The Morgan fingerprint density at radius 2 is 2.24 bits per heavy atom. The highest BCUT2D eigenvalue weighted by Crippen LogP contribution is 2.34. The maximum Gasteiger partial charge on any atom is 0.219 e. The van der Waals surface area contributed by atoms with Crippen molar-refractivity contribution in [2.45, 2.75) is 18.1 Å². The number of nitrogens with zero attached hydrogens (tertiary/aromatic N) is 3. The fraction of sp³-hybridized carbons (Fsp3) is 0.769. The summed E-state index contributed by atoms with van der Waals surface area (Å²) in [6, 6.07) is 0. The van der Waals surface area contributed by atoms with E-state index in [0.29, 0.717) is 13.1 Å². The average molecular weight is 317 g/mol. The van der Waals surface area contributed by atoms with Crippen LogP contribution in [0.25, 0.3) is 0 Å². The molecule has 7 nitrogen and oxygen atoms in total. The Balaban J connectivity index is 2.19. The molecule has 0 amide bonds. The van der Waals surface area contributed by atoms with Crippen LogP contribution < -0.4 is 0 Å². The first-order valence-electron chi connectivity index (χ1n) is 6.97. The zero-order valence-electron chi connectivity index (χ0n) is 12.6. The van der Waals surface area contributed by atoms with Crippen LogP contribution in [0.2, 0.25) is 0 Å². The Morgan fingerprint density at radius 1 is 1.52 bits per heavy atom. The molecule has 120 valence electrons. The molecular weight excluding hydrogens is 294 g/mol. The number of aromatic nitrogens is 2. The summed E-state index contributed by atoms with van der Waals surface area (Å²) < 4.78 is 33.1. The van der Waals surface area contributed by atoms with E-state index in [1.54, 1.807) is 17.8 Å². The first kappa shape index (κ1) is 16.4. The van der Waals surface area contributed by atoms with Crippen LogP contribution in [0.4, 0.5) is 0 Å². The second kappa shape index (κ2) is 6.43. The lowest BCUT2D eigenvalue weighted by Gasteiger charge is -2.21. The van der Waals surface area contributed by atoms with E-state index in [2.05, 4.69) is 5.10 Å². The monoisotopic (exact) mass is 317 g/mol. The fourth-order valence-corrected chi connectivity index (χ4v) is 4.39. The number of sulfonamides is 1. The molecule has 2 rings (SSSR count). The first-order chi connectivity index (χ1) is 9.90. The summed E-state index contributed by atoms with van der Waals surface area (Å²) in [5.41, 5.74) is 0.966. The Hall–Kier alpha value is -0.960. The normalized spacial score (nSPS) is 25.3. The van der Waals surface area contributed by atoms with Gasteiger partial charge in [-0.2, -0.15) is 5.10 Å². The minimum absolute atomic E-state index is 0.0202. The van der Waals surface area contributed by atoms with E-state index in [1.807, 2.05) is 13.2 Å². The van der Waals surface area contributed by atoms with E-state index in [-0.39, 0.29) is 25.0 Å². The lowest BCUT2D eigenvalue weighted by atomic mass is 9.92. The summed E-state index contributed by atoms with van der Waals surface area (Å²) in [7, 11) is -0.0959. The van der Waals surface area contributed by atoms with Gasteiger partial charge in [-0.1, -0.05) is 0 Å². The van der Waals surface area contributed by atoms with Gasteiger partial charge in [0.15, 0.2) is 0 Å². The summed E-state index contributed by atoms with van der Waals surface area (Å²) in [4.78, 5) is 0. The van der Waals surface area contributed by atoms with Crippen molar-refractivity contribution < 1.29 is 18.3 Å². The maximum atomic E-state index is 12.5. The number of hydrogen-bond donors (Lipinski definition) is 1. The Kier molecular flexibility index (Phi) is 5.03. The minimum Gasteiger partial charge on any atom is -0.396 e. The summed E-state index contributed by atoms with van der Waals surface area (Å²) in [5.74, 6) is -0.119. The number of methoxy groups -OCH3 is 1. The van der Waals surface area contributed by atoms with Gasteiger partial charge in [-0.3, -0.25) is 4.68 Å². The minimum atomic E-state index is -3.41. The molecule has 2 heterocycles. The molecule has 0 spiro atoms. The molecule has 1 aromatic rings. The second-order valence-corrected chi connectivity index (χ2v) is 7.98. The van der Waals surface area contributed by atoms with Crippen molar-refractivity contribution in [1.82, 2.24) is 14.1 Å². The summed E-state index contributed by atoms with van der Waals surface area (Å²) >= 11 is 0. The molecule has 1 aliphatic rings. The van der Waals surface area contributed by atoms with Crippen LogP contribution in [0.1, 0.15) is 18.4 Å². The third-order valence-corrected chi connectivity index (χ3v) is 6.24. The molecule has 1 N–H and O–H groups in total. The molecule has 0 saturated carbocycles. The van der Waals surface area contributed by atoms with E-state index in [4.69, 9.17) is 4.74 Å². The van der Waals surface area contributed by atoms with Gasteiger partial charge in [-0.25, -0.2) is 12.7 Å². The SMILES string of the molecule is COC[C@H](C)S(=O)(=O)N1C[C@@H](CO)[C@H](c2cnn(C)c2)C1.